The summed E-state index contributed by atoms with van der Waals surface area (Å²) in [5.41, 5.74) is 6.68. The number of methoxy groups -OCH3 is 1. The molecule has 1 fully saturated rings. The third-order valence-corrected chi connectivity index (χ3v) is 9.73. The van der Waals surface area contributed by atoms with Gasteiger partial charge in [0.2, 0.25) is 6.41 Å². The fourth-order valence-corrected chi connectivity index (χ4v) is 7.20. The summed E-state index contributed by atoms with van der Waals surface area (Å²) >= 11 is 2.28. The zero-order valence-electron chi connectivity index (χ0n) is 25.2. The molecule has 224 valence electrons. The van der Waals surface area contributed by atoms with Crippen LogP contribution >= 0.6 is 22.6 Å². The van der Waals surface area contributed by atoms with E-state index in [9.17, 15) is 9.59 Å². The normalized spacial score (nSPS) is 18.7. The van der Waals surface area contributed by atoms with E-state index in [1.165, 1.54) is 18.2 Å². The van der Waals surface area contributed by atoms with Crippen molar-refractivity contribution in [3.05, 3.63) is 128 Å². The highest BCUT2D eigenvalue weighted by Crippen LogP contribution is 2.42. The van der Waals surface area contributed by atoms with Crippen LogP contribution in [0.25, 0.3) is 0 Å². The first kappa shape index (κ1) is 31.0. The number of piperidine rings is 1. The highest BCUT2D eigenvalue weighted by atomic mass is 127. The molecule has 3 aromatic carbocycles. The van der Waals surface area contributed by atoms with Gasteiger partial charge in [-0.2, -0.15) is 0 Å². The van der Waals surface area contributed by atoms with Gasteiger partial charge in [0.05, 0.1) is 24.3 Å². The van der Waals surface area contributed by atoms with Crippen LogP contribution in [0.3, 0.4) is 0 Å². The summed E-state index contributed by atoms with van der Waals surface area (Å²) in [6, 6.07) is 29.9. The number of ether oxygens (including phenoxy) is 1. The highest BCUT2D eigenvalue weighted by molar-refractivity contribution is 14.1. The van der Waals surface area contributed by atoms with Crippen molar-refractivity contribution in [2.75, 3.05) is 33.3 Å². The van der Waals surface area contributed by atoms with Gasteiger partial charge in [-0.3, -0.25) is 4.79 Å². The zero-order valence-corrected chi connectivity index (χ0v) is 27.3. The standard InChI is InChI=1S/C36H40IN3O3/c1-26-32(35(42)43-3)33(28-15-17-31(37)18-16-28)34(27(2)38-26)40(25-41)22-10-21-39-23-19-36(20-24-39,29-11-6-4-7-12-29)30-13-8-5-9-14-30/h4-9,11-18,25,33,38H,10,19-24H2,1-3H3. The molecular formula is C36H40IN3O3. The molecule has 3 aromatic rings. The summed E-state index contributed by atoms with van der Waals surface area (Å²) in [6.07, 6.45) is 3.83. The molecule has 7 heteroatoms. The van der Waals surface area contributed by atoms with Crippen molar-refractivity contribution in [2.45, 2.75) is 44.4 Å². The van der Waals surface area contributed by atoms with E-state index in [0.29, 0.717) is 12.1 Å². The molecule has 1 unspecified atom stereocenters. The number of esters is 1. The van der Waals surface area contributed by atoms with Gasteiger partial charge in [0.15, 0.2) is 0 Å². The summed E-state index contributed by atoms with van der Waals surface area (Å²) in [4.78, 5) is 29.9. The van der Waals surface area contributed by atoms with Crippen LogP contribution in [0.5, 0.6) is 0 Å². The molecule has 0 spiro atoms. The van der Waals surface area contributed by atoms with E-state index >= 15 is 0 Å². The molecule has 1 atom stereocenters. The summed E-state index contributed by atoms with van der Waals surface area (Å²) in [7, 11) is 1.40. The molecule has 2 heterocycles. The molecular weight excluding hydrogens is 649 g/mol. The predicted molar refractivity (Wildman–Crippen MR) is 179 cm³/mol. The fourth-order valence-electron chi connectivity index (χ4n) is 6.84. The Hall–Kier alpha value is -3.43. The number of allylic oxidation sites excluding steroid dienone is 3. The van der Waals surface area contributed by atoms with E-state index in [1.807, 2.05) is 38.1 Å². The lowest BCUT2D eigenvalue weighted by atomic mass is 9.68. The van der Waals surface area contributed by atoms with E-state index in [-0.39, 0.29) is 5.41 Å². The number of carbonyl (C=O) groups excluding carboxylic acids is 2. The Morgan fingerprint density at radius 3 is 2.07 bits per heavy atom. The average molecular weight is 690 g/mol. The third kappa shape index (κ3) is 6.58. The second-order valence-electron chi connectivity index (χ2n) is 11.5. The number of hydrogen-bond acceptors (Lipinski definition) is 5. The second kappa shape index (κ2) is 13.9. The van der Waals surface area contributed by atoms with Gasteiger partial charge in [-0.1, -0.05) is 72.8 Å². The van der Waals surface area contributed by atoms with Gasteiger partial charge < -0.3 is 19.9 Å². The topological polar surface area (TPSA) is 61.9 Å². The van der Waals surface area contributed by atoms with Crippen LogP contribution < -0.4 is 5.32 Å². The Morgan fingerprint density at radius 2 is 1.53 bits per heavy atom. The Morgan fingerprint density at radius 1 is 0.953 bits per heavy atom. The lowest BCUT2D eigenvalue weighted by Gasteiger charge is -2.43. The number of rotatable bonds is 10. The van der Waals surface area contributed by atoms with Gasteiger partial charge in [-0.15, -0.1) is 0 Å². The fraction of sp³-hybridized carbons (Fsp3) is 0.333. The average Bonchev–Trinajstić information content (AvgIpc) is 3.04. The van der Waals surface area contributed by atoms with E-state index in [0.717, 1.165) is 71.5 Å². The molecule has 1 saturated heterocycles. The number of dihydropyridines is 1. The van der Waals surface area contributed by atoms with Gasteiger partial charge in [-0.05, 0) is 104 Å². The van der Waals surface area contributed by atoms with E-state index < -0.39 is 11.9 Å². The van der Waals surface area contributed by atoms with Crippen molar-refractivity contribution in [3.63, 3.8) is 0 Å². The molecule has 43 heavy (non-hydrogen) atoms. The van der Waals surface area contributed by atoms with Crippen molar-refractivity contribution in [1.82, 2.24) is 15.1 Å². The smallest absolute Gasteiger partial charge is 0.336 e. The Bertz CT molecular complexity index is 1440. The minimum Gasteiger partial charge on any atom is -0.466 e. The number of hydrogen-bond donors (Lipinski definition) is 1. The predicted octanol–water partition coefficient (Wildman–Crippen LogP) is 6.59. The first-order chi connectivity index (χ1) is 20.9. The Balaban J connectivity index is 1.30. The lowest BCUT2D eigenvalue weighted by Crippen LogP contribution is -2.44. The number of amides is 1. The Kier molecular flexibility index (Phi) is 10.0. The minimum atomic E-state index is -0.400. The number of nitrogens with zero attached hydrogens (tertiary/aromatic N) is 2. The molecule has 0 bridgehead atoms. The molecule has 6 nitrogen and oxygen atoms in total. The van der Waals surface area contributed by atoms with Gasteiger partial charge in [-0.25, -0.2) is 4.79 Å². The van der Waals surface area contributed by atoms with Crippen molar-refractivity contribution in [1.29, 1.82) is 0 Å². The number of likely N-dealkylation sites (tertiary alicyclic amines) is 1. The van der Waals surface area contributed by atoms with Gasteiger partial charge in [0.25, 0.3) is 0 Å². The van der Waals surface area contributed by atoms with Gasteiger partial charge >= 0.3 is 5.97 Å². The van der Waals surface area contributed by atoms with E-state index in [4.69, 9.17) is 4.74 Å². The van der Waals surface area contributed by atoms with Crippen molar-refractivity contribution >= 4 is 35.0 Å². The molecule has 0 aliphatic carbocycles. The highest BCUT2D eigenvalue weighted by Gasteiger charge is 2.38. The van der Waals surface area contributed by atoms with Crippen LogP contribution in [-0.4, -0.2) is 55.5 Å². The third-order valence-electron chi connectivity index (χ3n) is 9.01. The van der Waals surface area contributed by atoms with Crippen LogP contribution in [-0.2, 0) is 19.7 Å². The maximum atomic E-state index is 13.0. The summed E-state index contributed by atoms with van der Waals surface area (Å²) in [5, 5.41) is 3.35. The van der Waals surface area contributed by atoms with Crippen molar-refractivity contribution in [3.8, 4) is 0 Å². The van der Waals surface area contributed by atoms with Gasteiger partial charge in [0.1, 0.15) is 0 Å². The molecule has 1 amide bonds. The van der Waals surface area contributed by atoms with Crippen molar-refractivity contribution in [2.24, 2.45) is 0 Å². The molecule has 2 aliphatic rings. The number of nitrogens with one attached hydrogen (secondary N) is 1. The Labute approximate surface area is 268 Å². The lowest BCUT2D eigenvalue weighted by molar-refractivity contribution is -0.136. The van der Waals surface area contributed by atoms with Crippen LogP contribution in [0.1, 0.15) is 55.7 Å². The first-order valence-corrected chi connectivity index (χ1v) is 16.0. The summed E-state index contributed by atoms with van der Waals surface area (Å²) in [5.74, 6) is -0.790. The maximum Gasteiger partial charge on any atom is 0.336 e. The minimum absolute atomic E-state index is 0.0126. The maximum absolute atomic E-state index is 13.0. The molecule has 5 rings (SSSR count). The number of halogens is 1. The SMILES string of the molecule is COC(=O)C1=C(C)NC(C)=C(N(C=O)CCCN2CCC(c3ccccc3)(c3ccccc3)CC2)C1c1ccc(I)cc1. The first-order valence-electron chi connectivity index (χ1n) is 15.0. The molecule has 2 aliphatic heterocycles. The van der Waals surface area contributed by atoms with Crippen LogP contribution in [0.15, 0.2) is 108 Å². The largest absolute Gasteiger partial charge is 0.466 e. The quantitative estimate of drug-likeness (QED) is 0.148. The second-order valence-corrected chi connectivity index (χ2v) is 12.7. The van der Waals surface area contributed by atoms with E-state index in [2.05, 4.69) is 93.5 Å². The summed E-state index contributed by atoms with van der Waals surface area (Å²) < 4.78 is 6.31. The summed E-state index contributed by atoms with van der Waals surface area (Å²) in [6.45, 7) is 7.31. The zero-order chi connectivity index (χ0) is 30.4. The molecule has 0 aromatic heterocycles. The molecule has 1 N–H and O–H groups in total. The van der Waals surface area contributed by atoms with Gasteiger partial charge in [0, 0.05) is 26.9 Å². The van der Waals surface area contributed by atoms with Crippen LogP contribution in [0.2, 0.25) is 0 Å². The van der Waals surface area contributed by atoms with E-state index in [1.54, 1.807) is 4.90 Å². The van der Waals surface area contributed by atoms with Crippen molar-refractivity contribution < 1.29 is 14.3 Å². The van der Waals surface area contributed by atoms with Crippen LogP contribution in [0, 0.1) is 3.57 Å². The molecule has 0 radical (unpaired) electrons. The van der Waals surface area contributed by atoms with Crippen LogP contribution in [0.4, 0.5) is 0 Å². The molecule has 0 saturated carbocycles. The number of benzene rings is 3. The monoisotopic (exact) mass is 689 g/mol. The number of carbonyl (C=O) groups is 2.